The second kappa shape index (κ2) is 6.31. The van der Waals surface area contributed by atoms with Crippen LogP contribution in [0.4, 0.5) is 13.2 Å². The van der Waals surface area contributed by atoms with Crippen molar-refractivity contribution in [2.75, 3.05) is 6.61 Å². The Balaban J connectivity index is 2.13. The molecule has 2 rings (SSSR count). The maximum atomic E-state index is 12.7. The van der Waals surface area contributed by atoms with Crippen LogP contribution >= 0.6 is 0 Å². The number of hydrogen-bond donors (Lipinski definition) is 1. The number of ether oxygens (including phenoxy) is 1. The first-order valence-electron chi connectivity index (χ1n) is 6.70. The van der Waals surface area contributed by atoms with E-state index in [0.29, 0.717) is 12.8 Å². The summed E-state index contributed by atoms with van der Waals surface area (Å²) < 4.78 is 43.4. The van der Waals surface area contributed by atoms with Gasteiger partial charge in [0.25, 0.3) is 0 Å². The molecule has 1 aliphatic rings. The largest absolute Gasteiger partial charge is 0.473 e. The highest BCUT2D eigenvalue weighted by Crippen LogP contribution is 2.32. The summed E-state index contributed by atoms with van der Waals surface area (Å²) in [4.78, 5) is 3.43. The highest BCUT2D eigenvalue weighted by Gasteiger charge is 2.34. The van der Waals surface area contributed by atoms with Crippen molar-refractivity contribution < 1.29 is 23.0 Å². The van der Waals surface area contributed by atoms with Crippen LogP contribution in [0.25, 0.3) is 0 Å². The smallest absolute Gasteiger partial charge is 0.433 e. The topological polar surface area (TPSA) is 66.1 Å². The predicted octanol–water partition coefficient (Wildman–Crippen LogP) is 2.90. The molecular weight excluding hydrogens is 285 g/mol. The van der Waals surface area contributed by atoms with Crippen molar-refractivity contribution in [1.82, 2.24) is 4.98 Å². The number of aromatic nitrogens is 1. The van der Waals surface area contributed by atoms with Gasteiger partial charge in [0.2, 0.25) is 5.88 Å². The summed E-state index contributed by atoms with van der Waals surface area (Å²) in [6.45, 7) is 0.109. The van der Waals surface area contributed by atoms with Gasteiger partial charge in [-0.1, -0.05) is 0 Å². The van der Waals surface area contributed by atoms with E-state index >= 15 is 0 Å². The number of aliphatic hydroxyl groups excluding tert-OH is 1. The van der Waals surface area contributed by atoms with Crippen LogP contribution in [0.2, 0.25) is 0 Å². The molecule has 0 radical (unpaired) electrons. The van der Waals surface area contributed by atoms with Crippen LogP contribution < -0.4 is 4.74 Å². The average molecular weight is 300 g/mol. The van der Waals surface area contributed by atoms with Crippen molar-refractivity contribution in [2.24, 2.45) is 5.92 Å². The number of nitrogens with zero attached hydrogens (tertiary/aromatic N) is 2. The van der Waals surface area contributed by atoms with Crippen LogP contribution in [-0.4, -0.2) is 22.8 Å². The van der Waals surface area contributed by atoms with Gasteiger partial charge in [-0.3, -0.25) is 0 Å². The maximum Gasteiger partial charge on any atom is 0.433 e. The molecule has 1 aromatic heterocycles. The van der Waals surface area contributed by atoms with E-state index in [9.17, 15) is 13.2 Å². The summed E-state index contributed by atoms with van der Waals surface area (Å²) in [5.41, 5.74) is -1.08. The zero-order chi connectivity index (χ0) is 15.5. The lowest BCUT2D eigenvalue weighted by Crippen LogP contribution is -2.26. The predicted molar refractivity (Wildman–Crippen MR) is 67.4 cm³/mol. The zero-order valence-corrected chi connectivity index (χ0v) is 11.2. The summed E-state index contributed by atoms with van der Waals surface area (Å²) in [6.07, 6.45) is -2.07. The molecule has 0 amide bonds. The lowest BCUT2D eigenvalue weighted by Gasteiger charge is -2.27. The highest BCUT2D eigenvalue weighted by molar-refractivity contribution is 5.39. The van der Waals surface area contributed by atoms with E-state index in [1.807, 2.05) is 0 Å². The molecule has 4 nitrogen and oxygen atoms in total. The van der Waals surface area contributed by atoms with E-state index in [-0.39, 0.29) is 30.1 Å². The minimum absolute atomic E-state index is 0.00715. The first-order valence-corrected chi connectivity index (χ1v) is 6.70. The van der Waals surface area contributed by atoms with E-state index in [4.69, 9.17) is 15.1 Å². The van der Waals surface area contributed by atoms with Gasteiger partial charge in [0.05, 0.1) is 0 Å². The molecule has 114 valence electrons. The highest BCUT2D eigenvalue weighted by atomic mass is 19.4. The van der Waals surface area contributed by atoms with E-state index in [0.717, 1.165) is 25.0 Å². The van der Waals surface area contributed by atoms with Gasteiger partial charge in [0, 0.05) is 6.61 Å². The number of rotatable bonds is 3. The standard InChI is InChI=1S/C14H15F3N2O2/c15-14(16,17)12-6-3-10(7-18)13(19-12)21-11-4-1-9(8-20)2-5-11/h3,6,9,11,20H,1-2,4-5,8H2. The van der Waals surface area contributed by atoms with E-state index in [1.165, 1.54) is 0 Å². The molecule has 1 N–H and O–H groups in total. The molecule has 7 heteroatoms. The number of hydrogen-bond acceptors (Lipinski definition) is 4. The molecule has 0 aromatic carbocycles. The Kier molecular flexibility index (Phi) is 4.68. The van der Waals surface area contributed by atoms with Gasteiger partial charge in [-0.05, 0) is 43.7 Å². The van der Waals surface area contributed by atoms with Gasteiger partial charge in [0.1, 0.15) is 23.4 Å². The Morgan fingerprint density at radius 3 is 2.48 bits per heavy atom. The summed E-state index contributed by atoms with van der Waals surface area (Å²) in [5, 5.41) is 18.0. The third-order valence-electron chi connectivity index (χ3n) is 3.60. The van der Waals surface area contributed by atoms with Crippen molar-refractivity contribution in [3.63, 3.8) is 0 Å². The van der Waals surface area contributed by atoms with E-state index < -0.39 is 11.9 Å². The van der Waals surface area contributed by atoms with Crippen molar-refractivity contribution in [3.8, 4) is 11.9 Å². The van der Waals surface area contributed by atoms with Crippen molar-refractivity contribution in [2.45, 2.75) is 38.0 Å². The molecule has 1 aliphatic carbocycles. The van der Waals surface area contributed by atoms with Crippen molar-refractivity contribution >= 4 is 0 Å². The summed E-state index contributed by atoms with van der Waals surface area (Å²) in [6, 6.07) is 3.63. The van der Waals surface area contributed by atoms with Crippen LogP contribution in [0.15, 0.2) is 12.1 Å². The Labute approximate surface area is 120 Å². The number of nitriles is 1. The first kappa shape index (κ1) is 15.6. The quantitative estimate of drug-likeness (QED) is 0.932. The number of aliphatic hydroxyl groups is 1. The minimum Gasteiger partial charge on any atom is -0.473 e. The molecule has 0 spiro atoms. The molecule has 0 atom stereocenters. The Hall–Kier alpha value is -1.81. The Morgan fingerprint density at radius 1 is 1.29 bits per heavy atom. The molecule has 1 aromatic rings. The monoisotopic (exact) mass is 300 g/mol. The molecule has 1 heterocycles. The minimum atomic E-state index is -4.57. The SMILES string of the molecule is N#Cc1ccc(C(F)(F)F)nc1OC1CCC(CO)CC1. The number of halogens is 3. The number of pyridine rings is 1. The molecule has 0 unspecified atom stereocenters. The fourth-order valence-corrected chi connectivity index (χ4v) is 2.36. The molecule has 0 bridgehead atoms. The molecule has 1 saturated carbocycles. The third kappa shape index (κ3) is 3.85. The fraction of sp³-hybridized carbons (Fsp3) is 0.571. The van der Waals surface area contributed by atoms with E-state index in [2.05, 4.69) is 4.98 Å². The van der Waals surface area contributed by atoms with Gasteiger partial charge in [-0.25, -0.2) is 4.98 Å². The van der Waals surface area contributed by atoms with Crippen LogP contribution in [0, 0.1) is 17.2 Å². The fourth-order valence-electron chi connectivity index (χ4n) is 2.36. The van der Waals surface area contributed by atoms with Crippen molar-refractivity contribution in [3.05, 3.63) is 23.4 Å². The molecule has 0 saturated heterocycles. The van der Waals surface area contributed by atoms with Crippen LogP contribution in [0.5, 0.6) is 5.88 Å². The molecule has 21 heavy (non-hydrogen) atoms. The first-order chi connectivity index (χ1) is 9.94. The molecular formula is C14H15F3N2O2. The van der Waals surface area contributed by atoms with Gasteiger partial charge < -0.3 is 9.84 Å². The van der Waals surface area contributed by atoms with Crippen LogP contribution in [-0.2, 0) is 6.18 Å². The van der Waals surface area contributed by atoms with Gasteiger partial charge >= 0.3 is 6.18 Å². The maximum absolute atomic E-state index is 12.7. The second-order valence-electron chi connectivity index (χ2n) is 5.10. The van der Waals surface area contributed by atoms with Crippen LogP contribution in [0.3, 0.4) is 0 Å². The molecule has 1 fully saturated rings. The van der Waals surface area contributed by atoms with Gasteiger partial charge in [0.15, 0.2) is 0 Å². The van der Waals surface area contributed by atoms with Gasteiger partial charge in [-0.2, -0.15) is 18.4 Å². The lowest BCUT2D eigenvalue weighted by atomic mass is 9.88. The molecule has 0 aliphatic heterocycles. The summed E-state index contributed by atoms with van der Waals surface area (Å²) in [5.74, 6) is -0.0467. The Morgan fingerprint density at radius 2 is 1.95 bits per heavy atom. The number of alkyl halides is 3. The van der Waals surface area contributed by atoms with Crippen molar-refractivity contribution in [1.29, 1.82) is 5.26 Å². The average Bonchev–Trinajstić information content (AvgIpc) is 2.47. The normalized spacial score (nSPS) is 22.6. The van der Waals surface area contributed by atoms with Crippen LogP contribution in [0.1, 0.15) is 36.9 Å². The van der Waals surface area contributed by atoms with Gasteiger partial charge in [-0.15, -0.1) is 0 Å². The summed E-state index contributed by atoms with van der Waals surface area (Å²) in [7, 11) is 0. The Bertz CT molecular complexity index is 532. The third-order valence-corrected chi connectivity index (χ3v) is 3.60. The second-order valence-corrected chi connectivity index (χ2v) is 5.10. The lowest BCUT2D eigenvalue weighted by molar-refractivity contribution is -0.141. The summed E-state index contributed by atoms with van der Waals surface area (Å²) >= 11 is 0. The van der Waals surface area contributed by atoms with E-state index in [1.54, 1.807) is 6.07 Å². The zero-order valence-electron chi connectivity index (χ0n) is 11.2.